The zero-order valence-corrected chi connectivity index (χ0v) is 18.3. The first-order valence-corrected chi connectivity index (χ1v) is 10.1. The number of amides is 1. The van der Waals surface area contributed by atoms with E-state index < -0.39 is 17.7 Å². The minimum absolute atomic E-state index is 0.0684. The second-order valence-corrected chi connectivity index (χ2v) is 8.12. The highest BCUT2D eigenvalue weighted by atomic mass is 35.5. The Morgan fingerprint density at radius 3 is 2.40 bits per heavy atom. The van der Waals surface area contributed by atoms with Gasteiger partial charge in [0.1, 0.15) is 11.5 Å². The van der Waals surface area contributed by atoms with E-state index in [2.05, 4.69) is 0 Å². The van der Waals surface area contributed by atoms with E-state index in [0.717, 1.165) is 16.0 Å². The molecule has 158 valence electrons. The number of likely N-dealkylation sites (N-methyl/N-ethyl adjacent to an activating group) is 1. The molecule has 2 aromatic rings. The van der Waals surface area contributed by atoms with Crippen LogP contribution < -0.4 is 9.64 Å². The van der Waals surface area contributed by atoms with Gasteiger partial charge in [-0.2, -0.15) is 0 Å². The van der Waals surface area contributed by atoms with Gasteiger partial charge in [0.25, 0.3) is 11.7 Å². The summed E-state index contributed by atoms with van der Waals surface area (Å²) in [5.74, 6) is -1.09. The van der Waals surface area contributed by atoms with Gasteiger partial charge < -0.3 is 19.6 Å². The van der Waals surface area contributed by atoms with Crippen LogP contribution in [0.15, 0.2) is 48.0 Å². The van der Waals surface area contributed by atoms with Crippen LogP contribution in [0.1, 0.15) is 22.7 Å². The molecule has 1 fully saturated rings. The van der Waals surface area contributed by atoms with Crippen molar-refractivity contribution in [3.05, 3.63) is 69.8 Å². The average Bonchev–Trinajstić information content (AvgIpc) is 2.96. The lowest BCUT2D eigenvalue weighted by Crippen LogP contribution is -3.06. The number of methoxy groups -OCH3 is 1. The van der Waals surface area contributed by atoms with Gasteiger partial charge in [-0.3, -0.25) is 9.59 Å². The maximum atomic E-state index is 13.0. The van der Waals surface area contributed by atoms with Gasteiger partial charge in [-0.05, 0) is 30.7 Å². The van der Waals surface area contributed by atoms with Gasteiger partial charge in [-0.25, -0.2) is 0 Å². The van der Waals surface area contributed by atoms with Crippen LogP contribution in [0.2, 0.25) is 5.02 Å². The smallest absolute Gasteiger partial charge is 0.295 e. The standard InChI is InChI=1S/C23H25ClN2O4/c1-14-5-7-15(8-6-14)20-19(22(28)23(29)26(20)12-11-25(2)3)21(27)16-9-10-18(30-4)17(24)13-16/h5-10,13,20,27H,11-12H2,1-4H3/p+1/b21-19-/t20-/m1/s1. The van der Waals surface area contributed by atoms with Crippen molar-refractivity contribution in [1.29, 1.82) is 0 Å². The molecule has 1 aliphatic heterocycles. The Morgan fingerprint density at radius 2 is 1.83 bits per heavy atom. The topological polar surface area (TPSA) is 71.3 Å². The first-order chi connectivity index (χ1) is 14.2. The number of likely N-dealkylation sites (tertiary alicyclic amines) is 1. The molecule has 3 rings (SSSR count). The highest BCUT2D eigenvalue weighted by molar-refractivity contribution is 6.46. The van der Waals surface area contributed by atoms with E-state index in [0.29, 0.717) is 29.4 Å². The van der Waals surface area contributed by atoms with Crippen molar-refractivity contribution < 1.29 is 24.3 Å². The monoisotopic (exact) mass is 429 g/mol. The Hall–Kier alpha value is -2.83. The molecule has 1 saturated heterocycles. The normalized spacial score (nSPS) is 18.3. The molecule has 30 heavy (non-hydrogen) atoms. The van der Waals surface area contributed by atoms with Crippen LogP contribution in [0.5, 0.6) is 5.75 Å². The molecular formula is C23H26ClN2O4+. The van der Waals surface area contributed by atoms with Gasteiger partial charge in [0, 0.05) is 5.56 Å². The summed E-state index contributed by atoms with van der Waals surface area (Å²) in [6.45, 7) is 3.03. The van der Waals surface area contributed by atoms with Crippen molar-refractivity contribution in [3.63, 3.8) is 0 Å². The van der Waals surface area contributed by atoms with E-state index in [4.69, 9.17) is 16.3 Å². The minimum atomic E-state index is -0.696. The molecule has 1 aliphatic rings. The second kappa shape index (κ2) is 8.90. The number of rotatable bonds is 6. The molecule has 2 N–H and O–H groups in total. The number of quaternary nitrogens is 1. The number of aliphatic hydroxyl groups excluding tert-OH is 1. The molecule has 1 heterocycles. The number of carbonyl (C=O) groups excluding carboxylic acids is 2. The van der Waals surface area contributed by atoms with E-state index in [1.165, 1.54) is 18.1 Å². The van der Waals surface area contributed by atoms with Gasteiger partial charge in [0.2, 0.25) is 0 Å². The number of ketones is 1. The van der Waals surface area contributed by atoms with Crippen LogP contribution in [0.3, 0.4) is 0 Å². The van der Waals surface area contributed by atoms with Gasteiger partial charge in [0.15, 0.2) is 0 Å². The largest absolute Gasteiger partial charge is 0.507 e. The number of nitrogens with one attached hydrogen (secondary N) is 1. The molecule has 0 radical (unpaired) electrons. The number of hydrogen-bond acceptors (Lipinski definition) is 4. The fourth-order valence-electron chi connectivity index (χ4n) is 3.52. The third-order valence-corrected chi connectivity index (χ3v) is 5.51. The van der Waals surface area contributed by atoms with Gasteiger partial charge >= 0.3 is 0 Å². The van der Waals surface area contributed by atoms with E-state index in [-0.39, 0.29) is 11.3 Å². The van der Waals surface area contributed by atoms with Gasteiger partial charge in [-0.1, -0.05) is 41.4 Å². The van der Waals surface area contributed by atoms with Crippen LogP contribution in [-0.4, -0.2) is 56.0 Å². The Balaban J connectivity index is 2.14. The quantitative estimate of drug-likeness (QED) is 0.419. The number of ether oxygens (including phenoxy) is 1. The Kier molecular flexibility index (Phi) is 6.48. The molecule has 0 saturated carbocycles. The summed E-state index contributed by atoms with van der Waals surface area (Å²) in [6.07, 6.45) is 0. The fourth-order valence-corrected chi connectivity index (χ4v) is 3.78. The molecule has 2 aromatic carbocycles. The second-order valence-electron chi connectivity index (χ2n) is 7.71. The molecule has 0 aromatic heterocycles. The third-order valence-electron chi connectivity index (χ3n) is 5.21. The van der Waals surface area contributed by atoms with Crippen molar-refractivity contribution >= 4 is 29.1 Å². The van der Waals surface area contributed by atoms with Crippen molar-refractivity contribution in [1.82, 2.24) is 4.90 Å². The van der Waals surface area contributed by atoms with Crippen LogP contribution in [0.4, 0.5) is 0 Å². The number of halogens is 1. The summed E-state index contributed by atoms with van der Waals surface area (Å²) in [4.78, 5) is 28.5. The lowest BCUT2D eigenvalue weighted by Gasteiger charge is -2.25. The molecular weight excluding hydrogens is 404 g/mol. The van der Waals surface area contributed by atoms with Gasteiger partial charge in [0.05, 0.1) is 50.9 Å². The summed E-state index contributed by atoms with van der Waals surface area (Å²) in [6, 6.07) is 11.7. The van der Waals surface area contributed by atoms with E-state index in [1.807, 2.05) is 45.3 Å². The third kappa shape index (κ3) is 4.20. The van der Waals surface area contributed by atoms with Crippen LogP contribution in [0, 0.1) is 6.92 Å². The molecule has 6 nitrogen and oxygen atoms in total. The number of aryl methyl sites for hydroxylation is 1. The number of carbonyl (C=O) groups is 2. The summed E-state index contributed by atoms with van der Waals surface area (Å²) >= 11 is 6.21. The Labute approximate surface area is 181 Å². The van der Waals surface area contributed by atoms with Gasteiger partial charge in [-0.15, -0.1) is 0 Å². The van der Waals surface area contributed by atoms with Crippen LogP contribution >= 0.6 is 11.6 Å². The van der Waals surface area contributed by atoms with Crippen molar-refractivity contribution in [2.45, 2.75) is 13.0 Å². The molecule has 0 aliphatic carbocycles. The lowest BCUT2D eigenvalue weighted by atomic mass is 9.94. The summed E-state index contributed by atoms with van der Waals surface area (Å²) < 4.78 is 5.16. The number of hydrogen-bond donors (Lipinski definition) is 2. The molecule has 1 atom stereocenters. The van der Waals surface area contributed by atoms with Crippen LogP contribution in [-0.2, 0) is 9.59 Å². The number of Topliss-reactive ketones (excluding diaryl/α,β-unsaturated/α-hetero) is 1. The molecule has 1 amide bonds. The minimum Gasteiger partial charge on any atom is -0.507 e. The summed E-state index contributed by atoms with van der Waals surface area (Å²) in [5.41, 5.74) is 2.26. The Morgan fingerprint density at radius 1 is 1.17 bits per heavy atom. The first-order valence-electron chi connectivity index (χ1n) is 9.72. The van der Waals surface area contributed by atoms with Crippen molar-refractivity contribution in [2.75, 3.05) is 34.3 Å². The zero-order chi connectivity index (χ0) is 22.0. The summed E-state index contributed by atoms with van der Waals surface area (Å²) in [5, 5.41) is 11.4. The first kappa shape index (κ1) is 21.9. The maximum absolute atomic E-state index is 13.0. The maximum Gasteiger partial charge on any atom is 0.295 e. The number of aliphatic hydroxyl groups is 1. The van der Waals surface area contributed by atoms with Crippen molar-refractivity contribution in [2.24, 2.45) is 0 Å². The molecule has 0 bridgehead atoms. The number of nitrogens with zero attached hydrogens (tertiary/aromatic N) is 1. The predicted molar refractivity (Wildman–Crippen MR) is 116 cm³/mol. The van der Waals surface area contributed by atoms with Crippen LogP contribution in [0.25, 0.3) is 5.76 Å². The fraction of sp³-hybridized carbons (Fsp3) is 0.304. The van der Waals surface area contributed by atoms with E-state index in [9.17, 15) is 14.7 Å². The van der Waals surface area contributed by atoms with Crippen molar-refractivity contribution in [3.8, 4) is 5.75 Å². The highest BCUT2D eigenvalue weighted by Gasteiger charge is 2.46. The molecule has 7 heteroatoms. The zero-order valence-electron chi connectivity index (χ0n) is 17.5. The molecule has 0 spiro atoms. The SMILES string of the molecule is COc1ccc(/C(O)=C2/C(=O)C(=O)N(CC[NH+](C)C)[C@@H]2c2ccc(C)cc2)cc1Cl. The predicted octanol–water partition coefficient (Wildman–Crippen LogP) is 2.22. The van der Waals surface area contributed by atoms with E-state index in [1.54, 1.807) is 12.1 Å². The average molecular weight is 430 g/mol. The Bertz CT molecular complexity index is 999. The van der Waals surface area contributed by atoms with E-state index >= 15 is 0 Å². The number of benzene rings is 2. The molecule has 0 unspecified atom stereocenters. The lowest BCUT2D eigenvalue weighted by molar-refractivity contribution is -0.857. The summed E-state index contributed by atoms with van der Waals surface area (Å²) in [7, 11) is 5.46. The highest BCUT2D eigenvalue weighted by Crippen LogP contribution is 2.40.